The fourth-order valence-electron chi connectivity index (χ4n) is 2.76. The second kappa shape index (κ2) is 8.03. The molecule has 8 heteroatoms. The van der Waals surface area contributed by atoms with Gasteiger partial charge in [0.1, 0.15) is 17.5 Å². The average molecular weight is 402 g/mol. The van der Waals surface area contributed by atoms with E-state index >= 15 is 0 Å². The first-order valence-electron chi connectivity index (χ1n) is 7.95. The summed E-state index contributed by atoms with van der Waals surface area (Å²) in [6, 6.07) is 3.87. The molecular weight excluding hydrogens is 386 g/mol. The van der Waals surface area contributed by atoms with Gasteiger partial charge in [0.25, 0.3) is 5.91 Å². The number of amides is 1. The first kappa shape index (κ1) is 17.3. The molecule has 128 valence electrons. The van der Waals surface area contributed by atoms with Crippen LogP contribution in [0.15, 0.2) is 35.3 Å². The Morgan fingerprint density at radius 2 is 2.04 bits per heavy atom. The monoisotopic (exact) mass is 401 g/mol. The van der Waals surface area contributed by atoms with E-state index in [0.29, 0.717) is 21.6 Å². The van der Waals surface area contributed by atoms with Crippen molar-refractivity contribution in [3.63, 3.8) is 0 Å². The van der Waals surface area contributed by atoms with Gasteiger partial charge < -0.3 is 10.1 Å². The zero-order chi connectivity index (χ0) is 17.6. The SMILES string of the molecule is N#Cc1ncc(OC2CCC(NC(=O)c3cnccn3)CC2)cc1Br. The third-order valence-electron chi connectivity index (χ3n) is 4.03. The van der Waals surface area contributed by atoms with Crippen LogP contribution in [-0.4, -0.2) is 33.0 Å². The van der Waals surface area contributed by atoms with Crippen LogP contribution in [0.1, 0.15) is 41.9 Å². The molecule has 1 aliphatic rings. The number of nitrogens with zero attached hydrogens (tertiary/aromatic N) is 4. The molecule has 1 fully saturated rings. The Morgan fingerprint density at radius 1 is 1.24 bits per heavy atom. The molecule has 25 heavy (non-hydrogen) atoms. The maximum Gasteiger partial charge on any atom is 0.271 e. The molecule has 2 aromatic heterocycles. The quantitative estimate of drug-likeness (QED) is 0.844. The van der Waals surface area contributed by atoms with E-state index in [1.807, 2.05) is 6.07 Å². The second-order valence-electron chi connectivity index (χ2n) is 5.77. The van der Waals surface area contributed by atoms with Crippen molar-refractivity contribution < 1.29 is 9.53 Å². The Labute approximate surface area is 153 Å². The number of carbonyl (C=O) groups excluding carboxylic acids is 1. The maximum atomic E-state index is 12.1. The number of aromatic nitrogens is 3. The molecule has 2 heterocycles. The Morgan fingerprint density at radius 3 is 2.68 bits per heavy atom. The highest BCUT2D eigenvalue weighted by Crippen LogP contribution is 2.26. The van der Waals surface area contributed by atoms with Crippen LogP contribution in [0.2, 0.25) is 0 Å². The topological polar surface area (TPSA) is 101 Å². The summed E-state index contributed by atoms with van der Waals surface area (Å²) < 4.78 is 6.56. The molecule has 1 N–H and O–H groups in total. The molecule has 1 saturated carbocycles. The van der Waals surface area contributed by atoms with Crippen LogP contribution in [0.4, 0.5) is 0 Å². The largest absolute Gasteiger partial charge is 0.489 e. The van der Waals surface area contributed by atoms with Crippen molar-refractivity contribution in [3.8, 4) is 11.8 Å². The maximum absolute atomic E-state index is 12.1. The number of carbonyl (C=O) groups is 1. The van der Waals surface area contributed by atoms with Crippen molar-refractivity contribution in [2.45, 2.75) is 37.8 Å². The highest BCUT2D eigenvalue weighted by molar-refractivity contribution is 9.10. The second-order valence-corrected chi connectivity index (χ2v) is 6.62. The summed E-state index contributed by atoms with van der Waals surface area (Å²) in [6.45, 7) is 0. The summed E-state index contributed by atoms with van der Waals surface area (Å²) in [5.74, 6) is 0.440. The number of ether oxygens (including phenoxy) is 1. The number of hydrogen-bond acceptors (Lipinski definition) is 6. The van der Waals surface area contributed by atoms with Gasteiger partial charge in [-0.15, -0.1) is 0 Å². The average Bonchev–Trinajstić information content (AvgIpc) is 2.64. The highest BCUT2D eigenvalue weighted by atomic mass is 79.9. The molecule has 0 aromatic carbocycles. The minimum Gasteiger partial charge on any atom is -0.489 e. The van der Waals surface area contributed by atoms with Gasteiger partial charge >= 0.3 is 0 Å². The van der Waals surface area contributed by atoms with Gasteiger partial charge in [0, 0.05) is 18.4 Å². The van der Waals surface area contributed by atoms with Crippen molar-refractivity contribution in [3.05, 3.63) is 46.7 Å². The summed E-state index contributed by atoms with van der Waals surface area (Å²) in [7, 11) is 0. The Hall–Kier alpha value is -2.53. The lowest BCUT2D eigenvalue weighted by atomic mass is 9.93. The van der Waals surface area contributed by atoms with E-state index in [1.54, 1.807) is 12.3 Å². The Bertz CT molecular complexity index is 785. The predicted octanol–water partition coefficient (Wildman–Crippen LogP) is 2.63. The molecule has 0 unspecified atom stereocenters. The Kier molecular flexibility index (Phi) is 5.56. The number of hydrogen-bond donors (Lipinski definition) is 1. The first-order chi connectivity index (χ1) is 12.2. The van der Waals surface area contributed by atoms with Crippen LogP contribution in [0.25, 0.3) is 0 Å². The summed E-state index contributed by atoms with van der Waals surface area (Å²) in [5.41, 5.74) is 0.664. The molecular formula is C17H16BrN5O2. The lowest BCUT2D eigenvalue weighted by Crippen LogP contribution is -2.40. The van der Waals surface area contributed by atoms with E-state index in [-0.39, 0.29) is 18.1 Å². The fourth-order valence-corrected chi connectivity index (χ4v) is 3.18. The van der Waals surface area contributed by atoms with Gasteiger partial charge in [0.2, 0.25) is 0 Å². The van der Waals surface area contributed by atoms with Crippen LogP contribution in [0.3, 0.4) is 0 Å². The zero-order valence-corrected chi connectivity index (χ0v) is 14.9. The van der Waals surface area contributed by atoms with Crippen molar-refractivity contribution in [2.24, 2.45) is 0 Å². The number of pyridine rings is 1. The number of halogens is 1. The molecule has 1 aliphatic carbocycles. The van der Waals surface area contributed by atoms with E-state index in [9.17, 15) is 4.79 Å². The van der Waals surface area contributed by atoms with Crippen molar-refractivity contribution >= 4 is 21.8 Å². The van der Waals surface area contributed by atoms with Crippen LogP contribution >= 0.6 is 15.9 Å². The van der Waals surface area contributed by atoms with Gasteiger partial charge in [-0.25, -0.2) is 9.97 Å². The van der Waals surface area contributed by atoms with Crippen LogP contribution in [0, 0.1) is 11.3 Å². The Balaban J connectivity index is 1.50. The van der Waals surface area contributed by atoms with Crippen LogP contribution < -0.4 is 10.1 Å². The van der Waals surface area contributed by atoms with Gasteiger partial charge in [0.15, 0.2) is 5.69 Å². The number of rotatable bonds is 4. The van der Waals surface area contributed by atoms with Gasteiger partial charge in [-0.2, -0.15) is 5.26 Å². The third kappa shape index (κ3) is 4.51. The molecule has 0 radical (unpaired) electrons. The van der Waals surface area contributed by atoms with E-state index < -0.39 is 0 Å². The van der Waals surface area contributed by atoms with Gasteiger partial charge in [0.05, 0.1) is 23.0 Å². The van der Waals surface area contributed by atoms with E-state index in [2.05, 4.69) is 36.2 Å². The van der Waals surface area contributed by atoms with E-state index in [0.717, 1.165) is 25.7 Å². The molecule has 0 spiro atoms. The number of nitriles is 1. The minimum atomic E-state index is -0.197. The van der Waals surface area contributed by atoms with Crippen molar-refractivity contribution in [1.82, 2.24) is 20.3 Å². The molecule has 0 aliphatic heterocycles. The van der Waals surface area contributed by atoms with Gasteiger partial charge in [-0.3, -0.25) is 9.78 Å². The summed E-state index contributed by atoms with van der Waals surface area (Å²) in [5, 5.41) is 11.9. The molecule has 0 saturated heterocycles. The normalized spacial score (nSPS) is 19.7. The van der Waals surface area contributed by atoms with Gasteiger partial charge in [-0.1, -0.05) is 0 Å². The summed E-state index contributed by atoms with van der Waals surface area (Å²) >= 11 is 3.31. The minimum absolute atomic E-state index is 0.0753. The predicted molar refractivity (Wildman–Crippen MR) is 92.8 cm³/mol. The first-order valence-corrected chi connectivity index (χ1v) is 8.74. The van der Waals surface area contributed by atoms with Gasteiger partial charge in [-0.05, 0) is 47.7 Å². The highest BCUT2D eigenvalue weighted by Gasteiger charge is 2.24. The molecule has 3 rings (SSSR count). The summed E-state index contributed by atoms with van der Waals surface area (Å²) in [4.78, 5) is 24.1. The lowest BCUT2D eigenvalue weighted by molar-refractivity contribution is 0.0888. The van der Waals surface area contributed by atoms with Crippen molar-refractivity contribution in [1.29, 1.82) is 5.26 Å². The molecule has 0 atom stereocenters. The number of nitrogens with one attached hydrogen (secondary N) is 1. The molecule has 0 bridgehead atoms. The zero-order valence-electron chi connectivity index (χ0n) is 13.4. The fraction of sp³-hybridized carbons (Fsp3) is 0.353. The standard InChI is InChI=1S/C17H16BrN5O2/c18-14-7-13(9-22-15(14)8-19)25-12-3-1-11(2-4-12)23-17(24)16-10-20-5-6-21-16/h5-7,9-12H,1-4H2,(H,23,24). The third-order valence-corrected chi connectivity index (χ3v) is 4.63. The van der Waals surface area contributed by atoms with E-state index in [4.69, 9.17) is 10.00 Å². The van der Waals surface area contributed by atoms with E-state index in [1.165, 1.54) is 18.6 Å². The van der Waals surface area contributed by atoms with Crippen LogP contribution in [0.5, 0.6) is 5.75 Å². The van der Waals surface area contributed by atoms with Crippen LogP contribution in [-0.2, 0) is 0 Å². The van der Waals surface area contributed by atoms with Crippen molar-refractivity contribution in [2.75, 3.05) is 0 Å². The smallest absolute Gasteiger partial charge is 0.271 e. The lowest BCUT2D eigenvalue weighted by Gasteiger charge is -2.29. The summed E-state index contributed by atoms with van der Waals surface area (Å²) in [6.07, 6.45) is 9.48. The molecule has 7 nitrogen and oxygen atoms in total. The molecule has 2 aromatic rings. The molecule has 1 amide bonds.